The number of benzene rings is 1. The number of hydrogen-bond acceptors (Lipinski definition) is 3. The van der Waals surface area contributed by atoms with E-state index >= 15 is 0 Å². The number of hydrogen-bond donors (Lipinski definition) is 1. The van der Waals surface area contributed by atoms with E-state index in [0.29, 0.717) is 18.9 Å². The molecule has 0 aliphatic heterocycles. The third-order valence-corrected chi connectivity index (χ3v) is 4.12. The second-order valence-corrected chi connectivity index (χ2v) is 8.41. The van der Waals surface area contributed by atoms with Crippen LogP contribution in [0.15, 0.2) is 24.3 Å². The van der Waals surface area contributed by atoms with Crippen molar-refractivity contribution in [2.24, 2.45) is 5.92 Å². The fraction of sp³-hybridized carbons (Fsp3) is 0.636. The highest BCUT2D eigenvalue weighted by atomic mass is 16.6. The van der Waals surface area contributed by atoms with Crippen LogP contribution in [-0.2, 0) is 16.0 Å². The monoisotopic (exact) mass is 361 g/mol. The van der Waals surface area contributed by atoms with E-state index in [-0.39, 0.29) is 11.7 Å². The van der Waals surface area contributed by atoms with E-state index in [4.69, 9.17) is 4.74 Å². The maximum Gasteiger partial charge on any atom is 0.407 e. The van der Waals surface area contributed by atoms with Crippen LogP contribution in [0.3, 0.4) is 0 Å². The van der Waals surface area contributed by atoms with Gasteiger partial charge >= 0.3 is 6.09 Å². The summed E-state index contributed by atoms with van der Waals surface area (Å²) in [4.78, 5) is 23.9. The van der Waals surface area contributed by atoms with Crippen LogP contribution in [0.4, 0.5) is 4.79 Å². The first-order chi connectivity index (χ1) is 12.1. The Hall–Kier alpha value is -1.84. The minimum Gasteiger partial charge on any atom is -0.444 e. The van der Waals surface area contributed by atoms with Gasteiger partial charge in [-0.3, -0.25) is 4.79 Å². The summed E-state index contributed by atoms with van der Waals surface area (Å²) in [7, 11) is 0. The highest BCUT2D eigenvalue weighted by Crippen LogP contribution is 2.20. The quantitative estimate of drug-likeness (QED) is 0.611. The van der Waals surface area contributed by atoms with Gasteiger partial charge in [0.15, 0.2) is 0 Å². The van der Waals surface area contributed by atoms with E-state index in [1.165, 1.54) is 5.56 Å². The minimum absolute atomic E-state index is 0.0816. The van der Waals surface area contributed by atoms with Gasteiger partial charge in [0.25, 0.3) is 0 Å². The molecule has 1 rings (SSSR count). The molecule has 0 fully saturated rings. The Bertz CT molecular complexity index is 570. The van der Waals surface area contributed by atoms with Crippen LogP contribution in [0.2, 0.25) is 0 Å². The van der Waals surface area contributed by atoms with Gasteiger partial charge in [0.1, 0.15) is 11.4 Å². The molecule has 0 spiro atoms. The number of alkyl carbamates (subject to hydrolysis) is 1. The zero-order chi connectivity index (χ0) is 19.7. The van der Waals surface area contributed by atoms with E-state index in [1.54, 1.807) is 0 Å². The summed E-state index contributed by atoms with van der Waals surface area (Å²) in [6.07, 6.45) is 2.73. The second kappa shape index (κ2) is 10.3. The zero-order valence-corrected chi connectivity index (χ0v) is 17.2. The Morgan fingerprint density at radius 3 is 2.19 bits per heavy atom. The molecule has 4 heteroatoms. The summed E-state index contributed by atoms with van der Waals surface area (Å²) in [5.74, 6) is 0.801. The lowest BCUT2D eigenvalue weighted by Gasteiger charge is -2.19. The molecule has 1 amide bonds. The van der Waals surface area contributed by atoms with Gasteiger partial charge in [-0.2, -0.15) is 0 Å². The van der Waals surface area contributed by atoms with Crippen LogP contribution in [-0.4, -0.2) is 24.0 Å². The molecule has 1 atom stereocenters. The van der Waals surface area contributed by atoms with E-state index in [9.17, 15) is 9.59 Å². The first-order valence-electron chi connectivity index (χ1n) is 9.67. The first kappa shape index (κ1) is 22.2. The number of Topliss-reactive ketones (excluding diaryl/α,β-unsaturated/α-hetero) is 1. The predicted octanol–water partition coefficient (Wildman–Crippen LogP) is 5.25. The lowest BCUT2D eigenvalue weighted by molar-refractivity contribution is -0.120. The maximum absolute atomic E-state index is 12.4. The lowest BCUT2D eigenvalue weighted by atomic mass is 9.92. The van der Waals surface area contributed by atoms with Gasteiger partial charge in [-0.05, 0) is 57.1 Å². The van der Waals surface area contributed by atoms with Gasteiger partial charge < -0.3 is 10.1 Å². The number of rotatable bonds is 9. The van der Waals surface area contributed by atoms with Crippen LogP contribution in [0.25, 0.3) is 0 Å². The van der Waals surface area contributed by atoms with Gasteiger partial charge in [0.2, 0.25) is 0 Å². The van der Waals surface area contributed by atoms with Crippen LogP contribution < -0.4 is 5.32 Å². The van der Waals surface area contributed by atoms with Crippen molar-refractivity contribution in [2.45, 2.75) is 78.7 Å². The first-order valence-corrected chi connectivity index (χ1v) is 9.67. The average Bonchev–Trinajstić information content (AvgIpc) is 2.52. The predicted molar refractivity (Wildman–Crippen MR) is 106 cm³/mol. The van der Waals surface area contributed by atoms with Crippen molar-refractivity contribution >= 4 is 11.9 Å². The molecule has 0 aromatic heterocycles. The minimum atomic E-state index is -0.486. The third kappa shape index (κ3) is 9.02. The van der Waals surface area contributed by atoms with Crippen molar-refractivity contribution in [3.8, 4) is 0 Å². The SMILES string of the molecule is CC(C)Cc1ccc([C@@H](C)C(=O)CCCCNC(=O)OC(C)(C)C)cc1. The Balaban J connectivity index is 2.31. The molecule has 1 aromatic rings. The average molecular weight is 362 g/mol. The van der Waals surface area contributed by atoms with E-state index in [0.717, 1.165) is 24.8 Å². The van der Waals surface area contributed by atoms with Crippen LogP contribution in [0.5, 0.6) is 0 Å². The highest BCUT2D eigenvalue weighted by Gasteiger charge is 2.16. The lowest BCUT2D eigenvalue weighted by Crippen LogP contribution is -2.33. The molecule has 146 valence electrons. The molecule has 0 radical (unpaired) electrons. The molecule has 0 aliphatic rings. The van der Waals surface area contributed by atoms with Crippen LogP contribution in [0.1, 0.15) is 77.8 Å². The molecule has 1 aromatic carbocycles. The molecular formula is C22H35NO3. The highest BCUT2D eigenvalue weighted by molar-refractivity contribution is 5.85. The molecule has 0 saturated carbocycles. The topological polar surface area (TPSA) is 55.4 Å². The van der Waals surface area contributed by atoms with E-state index in [1.807, 2.05) is 27.7 Å². The molecule has 0 heterocycles. The normalized spacial score (nSPS) is 12.7. The molecular weight excluding hydrogens is 326 g/mol. The van der Waals surface area contributed by atoms with Gasteiger partial charge in [0.05, 0.1) is 0 Å². The Kier molecular flexibility index (Phi) is 8.83. The molecule has 0 unspecified atom stereocenters. The zero-order valence-electron chi connectivity index (χ0n) is 17.2. The second-order valence-electron chi connectivity index (χ2n) is 8.41. The smallest absolute Gasteiger partial charge is 0.407 e. The number of carbonyl (C=O) groups excluding carboxylic acids is 2. The summed E-state index contributed by atoms with van der Waals surface area (Å²) in [5, 5.41) is 2.72. The van der Waals surface area contributed by atoms with E-state index in [2.05, 4.69) is 43.4 Å². The number of amides is 1. The number of carbonyl (C=O) groups is 2. The van der Waals surface area contributed by atoms with Crippen molar-refractivity contribution in [2.75, 3.05) is 6.54 Å². The van der Waals surface area contributed by atoms with Crippen LogP contribution in [0, 0.1) is 5.92 Å². The third-order valence-electron chi connectivity index (χ3n) is 4.12. The van der Waals surface area contributed by atoms with E-state index < -0.39 is 11.7 Å². The number of ether oxygens (including phenoxy) is 1. The Labute approximate surface area is 158 Å². The molecule has 0 aliphatic carbocycles. The number of ketones is 1. The summed E-state index contributed by atoms with van der Waals surface area (Å²) >= 11 is 0. The largest absolute Gasteiger partial charge is 0.444 e. The van der Waals surface area contributed by atoms with Gasteiger partial charge in [-0.25, -0.2) is 4.79 Å². The van der Waals surface area contributed by atoms with Crippen molar-refractivity contribution in [3.05, 3.63) is 35.4 Å². The standard InChI is InChI=1S/C22H35NO3/c1-16(2)15-18-10-12-19(13-11-18)17(3)20(24)9-7-8-14-23-21(25)26-22(4,5)6/h10-13,16-17H,7-9,14-15H2,1-6H3,(H,23,25)/t17-/m1/s1. The van der Waals surface area contributed by atoms with Crippen molar-refractivity contribution < 1.29 is 14.3 Å². The van der Waals surface area contributed by atoms with Gasteiger partial charge in [-0.15, -0.1) is 0 Å². The Morgan fingerprint density at radius 2 is 1.65 bits per heavy atom. The number of nitrogens with one attached hydrogen (secondary N) is 1. The molecule has 26 heavy (non-hydrogen) atoms. The molecule has 0 saturated heterocycles. The molecule has 0 bridgehead atoms. The summed E-state index contributed by atoms with van der Waals surface area (Å²) < 4.78 is 5.18. The fourth-order valence-corrected chi connectivity index (χ4v) is 2.75. The van der Waals surface area contributed by atoms with Crippen LogP contribution >= 0.6 is 0 Å². The fourth-order valence-electron chi connectivity index (χ4n) is 2.75. The number of unbranched alkanes of at least 4 members (excludes halogenated alkanes) is 1. The summed E-state index contributed by atoms with van der Waals surface area (Å²) in [5.41, 5.74) is 1.91. The van der Waals surface area contributed by atoms with Crippen molar-refractivity contribution in [1.29, 1.82) is 0 Å². The van der Waals surface area contributed by atoms with Crippen molar-refractivity contribution in [3.63, 3.8) is 0 Å². The summed E-state index contributed by atoms with van der Waals surface area (Å²) in [6, 6.07) is 8.41. The van der Waals surface area contributed by atoms with Gasteiger partial charge in [0, 0.05) is 18.9 Å². The molecule has 1 N–H and O–H groups in total. The summed E-state index contributed by atoms with van der Waals surface area (Å²) in [6.45, 7) is 12.4. The Morgan fingerprint density at radius 1 is 1.04 bits per heavy atom. The molecule has 4 nitrogen and oxygen atoms in total. The van der Waals surface area contributed by atoms with Gasteiger partial charge in [-0.1, -0.05) is 45.0 Å². The van der Waals surface area contributed by atoms with Crippen molar-refractivity contribution in [1.82, 2.24) is 5.32 Å². The maximum atomic E-state index is 12.4.